The van der Waals surface area contributed by atoms with E-state index in [-0.39, 0.29) is 6.61 Å². The topological polar surface area (TPSA) is 52.5 Å². The van der Waals surface area contributed by atoms with Crippen LogP contribution >= 0.6 is 15.9 Å². The third-order valence-electron chi connectivity index (χ3n) is 2.23. The first-order valence-corrected chi connectivity index (χ1v) is 5.63. The maximum Gasteiger partial charge on any atom is 0.0942 e. The Hall–Kier alpha value is -0.580. The van der Waals surface area contributed by atoms with Crippen LogP contribution in [0.1, 0.15) is 11.1 Å². The zero-order valence-electron chi connectivity index (χ0n) is 8.92. The summed E-state index contributed by atoms with van der Waals surface area (Å²) in [5.74, 6) is 0. The zero-order chi connectivity index (χ0) is 11.4. The van der Waals surface area contributed by atoms with Gasteiger partial charge < -0.3 is 15.5 Å². The van der Waals surface area contributed by atoms with Crippen molar-refractivity contribution in [1.82, 2.24) is 0 Å². The Bertz CT molecular complexity index is 342. The number of nitrogens with one attached hydrogen (secondary N) is 1. The van der Waals surface area contributed by atoms with Crippen molar-refractivity contribution < 1.29 is 10.2 Å². The van der Waals surface area contributed by atoms with Crippen LogP contribution in [0.5, 0.6) is 0 Å². The molecule has 3 nitrogen and oxygen atoms in total. The molecule has 0 amide bonds. The second kappa shape index (κ2) is 5.49. The molecule has 0 aliphatic rings. The van der Waals surface area contributed by atoms with E-state index in [1.54, 1.807) is 0 Å². The number of aryl methyl sites for hydroxylation is 1. The number of halogens is 1. The Morgan fingerprint density at radius 2 is 2.07 bits per heavy atom. The van der Waals surface area contributed by atoms with Crippen LogP contribution in [-0.4, -0.2) is 29.5 Å². The average Bonchev–Trinajstić information content (AvgIpc) is 2.20. The summed E-state index contributed by atoms with van der Waals surface area (Å²) in [6.07, 6.45) is -0.719. The number of anilines is 1. The second-order valence-electron chi connectivity index (χ2n) is 3.64. The molecule has 0 heterocycles. The molecule has 0 spiro atoms. The molecule has 0 aliphatic carbocycles. The fraction of sp³-hybridized carbons (Fsp3) is 0.455. The maximum absolute atomic E-state index is 9.22. The fourth-order valence-corrected chi connectivity index (χ4v) is 1.86. The minimum Gasteiger partial charge on any atom is -0.394 e. The van der Waals surface area contributed by atoms with Crippen LogP contribution in [0.25, 0.3) is 0 Å². The number of rotatable bonds is 4. The largest absolute Gasteiger partial charge is 0.394 e. The summed E-state index contributed by atoms with van der Waals surface area (Å²) in [5, 5.41) is 21.0. The standard InChI is InChI=1S/C11H16BrNO2/c1-7-3-10(12)8(2)11(4-7)13-5-9(15)6-14/h3-4,9,13-15H,5-6H2,1-2H3. The van der Waals surface area contributed by atoms with Gasteiger partial charge in [0.25, 0.3) is 0 Å². The molecule has 0 bridgehead atoms. The average molecular weight is 274 g/mol. The van der Waals surface area contributed by atoms with Gasteiger partial charge in [-0.2, -0.15) is 0 Å². The summed E-state index contributed by atoms with van der Waals surface area (Å²) in [6.45, 7) is 4.14. The Labute approximate surface area is 98.3 Å². The van der Waals surface area contributed by atoms with Gasteiger partial charge in [0.1, 0.15) is 0 Å². The number of aliphatic hydroxyl groups is 2. The number of benzene rings is 1. The molecule has 1 atom stereocenters. The second-order valence-corrected chi connectivity index (χ2v) is 4.49. The van der Waals surface area contributed by atoms with Crippen LogP contribution in [0.4, 0.5) is 5.69 Å². The molecule has 0 aromatic heterocycles. The van der Waals surface area contributed by atoms with Crippen molar-refractivity contribution in [3.05, 3.63) is 27.7 Å². The predicted octanol–water partition coefficient (Wildman–Crippen LogP) is 1.83. The first-order chi connectivity index (χ1) is 7.04. The Morgan fingerprint density at radius 1 is 1.40 bits per heavy atom. The van der Waals surface area contributed by atoms with Gasteiger partial charge in [-0.05, 0) is 37.1 Å². The van der Waals surface area contributed by atoms with E-state index in [1.807, 2.05) is 26.0 Å². The highest BCUT2D eigenvalue weighted by Crippen LogP contribution is 2.25. The van der Waals surface area contributed by atoms with E-state index in [0.717, 1.165) is 21.3 Å². The van der Waals surface area contributed by atoms with Gasteiger partial charge in [-0.3, -0.25) is 0 Å². The highest BCUT2D eigenvalue weighted by molar-refractivity contribution is 9.10. The first kappa shape index (κ1) is 12.5. The van der Waals surface area contributed by atoms with Crippen LogP contribution in [0, 0.1) is 13.8 Å². The molecule has 0 radical (unpaired) electrons. The smallest absolute Gasteiger partial charge is 0.0942 e. The summed E-state index contributed by atoms with van der Waals surface area (Å²) >= 11 is 3.47. The number of aliphatic hydroxyl groups excluding tert-OH is 2. The summed E-state index contributed by atoms with van der Waals surface area (Å²) in [7, 11) is 0. The van der Waals surface area contributed by atoms with Crippen LogP contribution < -0.4 is 5.32 Å². The molecule has 0 aliphatic heterocycles. The van der Waals surface area contributed by atoms with Crippen molar-refractivity contribution in [2.75, 3.05) is 18.5 Å². The zero-order valence-corrected chi connectivity index (χ0v) is 10.5. The van der Waals surface area contributed by atoms with Gasteiger partial charge in [0, 0.05) is 16.7 Å². The van der Waals surface area contributed by atoms with Gasteiger partial charge in [-0.25, -0.2) is 0 Å². The van der Waals surface area contributed by atoms with Crippen LogP contribution in [-0.2, 0) is 0 Å². The van der Waals surface area contributed by atoms with E-state index in [0.29, 0.717) is 6.54 Å². The molecular weight excluding hydrogens is 258 g/mol. The lowest BCUT2D eigenvalue weighted by atomic mass is 10.1. The molecule has 15 heavy (non-hydrogen) atoms. The van der Waals surface area contributed by atoms with Crippen molar-refractivity contribution >= 4 is 21.6 Å². The monoisotopic (exact) mass is 273 g/mol. The van der Waals surface area contributed by atoms with E-state index in [2.05, 4.69) is 21.2 Å². The highest BCUT2D eigenvalue weighted by atomic mass is 79.9. The molecule has 84 valence electrons. The van der Waals surface area contributed by atoms with Gasteiger partial charge >= 0.3 is 0 Å². The van der Waals surface area contributed by atoms with Gasteiger partial charge in [0.2, 0.25) is 0 Å². The van der Waals surface area contributed by atoms with Gasteiger partial charge in [0.15, 0.2) is 0 Å². The molecule has 4 heteroatoms. The minimum absolute atomic E-state index is 0.223. The van der Waals surface area contributed by atoms with Crippen LogP contribution in [0.15, 0.2) is 16.6 Å². The van der Waals surface area contributed by atoms with E-state index in [1.165, 1.54) is 0 Å². The molecule has 0 saturated heterocycles. The third kappa shape index (κ3) is 3.48. The van der Waals surface area contributed by atoms with E-state index < -0.39 is 6.10 Å². The molecule has 0 saturated carbocycles. The number of hydrogen-bond acceptors (Lipinski definition) is 3. The predicted molar refractivity (Wildman–Crippen MR) is 65.2 cm³/mol. The summed E-state index contributed by atoms with van der Waals surface area (Å²) in [5.41, 5.74) is 3.23. The molecule has 1 rings (SSSR count). The summed E-state index contributed by atoms with van der Waals surface area (Å²) in [6, 6.07) is 4.06. The van der Waals surface area contributed by atoms with Crippen LogP contribution in [0.2, 0.25) is 0 Å². The van der Waals surface area contributed by atoms with E-state index in [4.69, 9.17) is 5.11 Å². The maximum atomic E-state index is 9.22. The van der Waals surface area contributed by atoms with Gasteiger partial charge in [-0.1, -0.05) is 15.9 Å². The van der Waals surface area contributed by atoms with E-state index in [9.17, 15) is 5.11 Å². The normalized spacial score (nSPS) is 12.6. The van der Waals surface area contributed by atoms with Crippen molar-refractivity contribution in [2.45, 2.75) is 20.0 Å². The Kier molecular flexibility index (Phi) is 4.57. The van der Waals surface area contributed by atoms with Crippen molar-refractivity contribution in [1.29, 1.82) is 0 Å². The summed E-state index contributed by atoms with van der Waals surface area (Å²) < 4.78 is 1.04. The lowest BCUT2D eigenvalue weighted by Gasteiger charge is -2.14. The molecule has 1 aromatic carbocycles. The molecule has 3 N–H and O–H groups in total. The quantitative estimate of drug-likeness (QED) is 0.785. The Balaban J connectivity index is 2.76. The number of hydrogen-bond donors (Lipinski definition) is 3. The summed E-state index contributed by atoms with van der Waals surface area (Å²) in [4.78, 5) is 0. The third-order valence-corrected chi connectivity index (χ3v) is 3.05. The lowest BCUT2D eigenvalue weighted by Crippen LogP contribution is -2.23. The molecular formula is C11H16BrNO2. The highest BCUT2D eigenvalue weighted by Gasteiger charge is 2.06. The molecule has 0 fully saturated rings. The molecule has 1 unspecified atom stereocenters. The van der Waals surface area contributed by atoms with Crippen molar-refractivity contribution in [3.8, 4) is 0 Å². The van der Waals surface area contributed by atoms with Crippen molar-refractivity contribution in [2.24, 2.45) is 0 Å². The fourth-order valence-electron chi connectivity index (χ4n) is 1.29. The van der Waals surface area contributed by atoms with E-state index >= 15 is 0 Å². The van der Waals surface area contributed by atoms with Crippen molar-refractivity contribution in [3.63, 3.8) is 0 Å². The molecule has 1 aromatic rings. The van der Waals surface area contributed by atoms with Crippen LogP contribution in [0.3, 0.4) is 0 Å². The van der Waals surface area contributed by atoms with Gasteiger partial charge in [-0.15, -0.1) is 0 Å². The minimum atomic E-state index is -0.719. The Morgan fingerprint density at radius 3 is 2.67 bits per heavy atom. The first-order valence-electron chi connectivity index (χ1n) is 4.84. The van der Waals surface area contributed by atoms with Gasteiger partial charge in [0.05, 0.1) is 12.7 Å². The SMILES string of the molecule is Cc1cc(Br)c(C)c(NCC(O)CO)c1. The lowest BCUT2D eigenvalue weighted by molar-refractivity contribution is 0.105.